The second-order valence-corrected chi connectivity index (χ2v) is 7.14. The Bertz CT molecular complexity index is 454. The molecule has 0 aliphatic carbocycles. The van der Waals surface area contributed by atoms with Crippen LogP contribution in [-0.2, 0) is 4.74 Å². The van der Waals surface area contributed by atoms with Gasteiger partial charge in [-0.05, 0) is 52.3 Å². The highest BCUT2D eigenvalue weighted by Gasteiger charge is 2.17. The van der Waals surface area contributed by atoms with Gasteiger partial charge in [0.05, 0.1) is 0 Å². The van der Waals surface area contributed by atoms with E-state index in [0.717, 1.165) is 4.47 Å². The summed E-state index contributed by atoms with van der Waals surface area (Å²) in [4.78, 5) is 11.7. The van der Waals surface area contributed by atoms with E-state index in [0.29, 0.717) is 6.54 Å². The third-order valence-electron chi connectivity index (χ3n) is 2.86. The lowest BCUT2D eigenvalue weighted by atomic mass is 10.1. The topological polar surface area (TPSA) is 50.4 Å². The fourth-order valence-electron chi connectivity index (χ4n) is 1.78. The van der Waals surface area contributed by atoms with Crippen molar-refractivity contribution in [1.29, 1.82) is 0 Å². The fraction of sp³-hybridized carbons (Fsp3) is 0.562. The first-order chi connectivity index (χ1) is 9.67. The maximum Gasteiger partial charge on any atom is 0.407 e. The van der Waals surface area contributed by atoms with Crippen LogP contribution in [-0.4, -0.2) is 24.3 Å². The molecule has 1 aromatic rings. The number of hydrogen-bond donors (Lipinski definition) is 2. The average molecular weight is 357 g/mol. The SMILES string of the molecule is CC(CNC(C)c1ccc(Br)cc1)NC(=O)OC(C)(C)C. The molecule has 0 saturated heterocycles. The van der Waals surface area contributed by atoms with Crippen LogP contribution in [0.5, 0.6) is 0 Å². The van der Waals surface area contributed by atoms with Gasteiger partial charge in [0, 0.05) is 23.1 Å². The number of rotatable bonds is 5. The number of nitrogens with one attached hydrogen (secondary N) is 2. The summed E-state index contributed by atoms with van der Waals surface area (Å²) in [5.74, 6) is 0. The molecule has 1 amide bonds. The van der Waals surface area contributed by atoms with Crippen molar-refractivity contribution in [3.05, 3.63) is 34.3 Å². The Kier molecular flexibility index (Phi) is 6.68. The molecule has 0 aliphatic heterocycles. The van der Waals surface area contributed by atoms with E-state index in [1.807, 2.05) is 39.8 Å². The Hall–Kier alpha value is -1.07. The molecular formula is C16H25BrN2O2. The van der Waals surface area contributed by atoms with Gasteiger partial charge in [0.15, 0.2) is 0 Å². The minimum Gasteiger partial charge on any atom is -0.444 e. The Morgan fingerprint density at radius 2 is 1.81 bits per heavy atom. The van der Waals surface area contributed by atoms with Crippen molar-refractivity contribution in [2.45, 2.75) is 52.3 Å². The van der Waals surface area contributed by atoms with Crippen LogP contribution in [0, 0.1) is 0 Å². The number of ether oxygens (including phenoxy) is 1. The largest absolute Gasteiger partial charge is 0.444 e. The van der Waals surface area contributed by atoms with E-state index in [9.17, 15) is 4.79 Å². The van der Waals surface area contributed by atoms with Crippen molar-refractivity contribution in [3.63, 3.8) is 0 Å². The maximum absolute atomic E-state index is 11.7. The number of amides is 1. The van der Waals surface area contributed by atoms with Gasteiger partial charge in [-0.2, -0.15) is 0 Å². The lowest BCUT2D eigenvalue weighted by molar-refractivity contribution is 0.0507. The van der Waals surface area contributed by atoms with Crippen LogP contribution >= 0.6 is 15.9 Å². The van der Waals surface area contributed by atoms with E-state index >= 15 is 0 Å². The monoisotopic (exact) mass is 356 g/mol. The number of carbonyl (C=O) groups is 1. The van der Waals surface area contributed by atoms with E-state index in [1.165, 1.54) is 5.56 Å². The minimum absolute atomic E-state index is 0.00208. The molecule has 0 bridgehead atoms. The van der Waals surface area contributed by atoms with Crippen molar-refractivity contribution in [2.75, 3.05) is 6.54 Å². The van der Waals surface area contributed by atoms with E-state index in [2.05, 4.69) is 45.6 Å². The van der Waals surface area contributed by atoms with Crippen molar-refractivity contribution < 1.29 is 9.53 Å². The van der Waals surface area contributed by atoms with Gasteiger partial charge in [-0.3, -0.25) is 0 Å². The molecule has 0 saturated carbocycles. The maximum atomic E-state index is 11.7. The van der Waals surface area contributed by atoms with E-state index < -0.39 is 5.60 Å². The quantitative estimate of drug-likeness (QED) is 0.837. The summed E-state index contributed by atoms with van der Waals surface area (Å²) in [6, 6.07) is 8.42. The summed E-state index contributed by atoms with van der Waals surface area (Å²) in [6.07, 6.45) is -0.381. The van der Waals surface area contributed by atoms with Crippen LogP contribution in [0.25, 0.3) is 0 Å². The summed E-state index contributed by atoms with van der Waals surface area (Å²) in [6.45, 7) is 10.3. The van der Waals surface area contributed by atoms with Crippen molar-refractivity contribution in [3.8, 4) is 0 Å². The predicted molar refractivity (Wildman–Crippen MR) is 89.4 cm³/mol. The van der Waals surface area contributed by atoms with Gasteiger partial charge < -0.3 is 15.4 Å². The van der Waals surface area contributed by atoms with Crippen LogP contribution in [0.15, 0.2) is 28.7 Å². The van der Waals surface area contributed by atoms with Gasteiger partial charge in [0.25, 0.3) is 0 Å². The van der Waals surface area contributed by atoms with Crippen molar-refractivity contribution in [2.24, 2.45) is 0 Å². The summed E-state index contributed by atoms with van der Waals surface area (Å²) in [7, 11) is 0. The summed E-state index contributed by atoms with van der Waals surface area (Å²) >= 11 is 3.43. The predicted octanol–water partition coefficient (Wildman–Crippen LogP) is 4.01. The third-order valence-corrected chi connectivity index (χ3v) is 3.39. The zero-order chi connectivity index (χ0) is 16.0. The first kappa shape index (κ1) is 18.0. The van der Waals surface area contributed by atoms with Gasteiger partial charge in [-0.15, -0.1) is 0 Å². The van der Waals surface area contributed by atoms with Gasteiger partial charge in [-0.25, -0.2) is 4.79 Å². The first-order valence-electron chi connectivity index (χ1n) is 7.16. The van der Waals surface area contributed by atoms with Gasteiger partial charge in [0.2, 0.25) is 0 Å². The normalized spacial score (nSPS) is 14.4. The molecule has 2 atom stereocenters. The molecule has 0 spiro atoms. The number of halogens is 1. The van der Waals surface area contributed by atoms with E-state index in [1.54, 1.807) is 0 Å². The number of benzene rings is 1. The highest BCUT2D eigenvalue weighted by atomic mass is 79.9. The Morgan fingerprint density at radius 3 is 2.33 bits per heavy atom. The fourth-order valence-corrected chi connectivity index (χ4v) is 2.05. The average Bonchev–Trinajstić information content (AvgIpc) is 2.34. The Labute approximate surface area is 135 Å². The van der Waals surface area contributed by atoms with Crippen LogP contribution in [0.1, 0.15) is 46.2 Å². The molecule has 2 N–H and O–H groups in total. The van der Waals surface area contributed by atoms with Gasteiger partial charge in [0.1, 0.15) is 5.60 Å². The molecule has 0 fully saturated rings. The van der Waals surface area contributed by atoms with Crippen LogP contribution in [0.3, 0.4) is 0 Å². The highest BCUT2D eigenvalue weighted by Crippen LogP contribution is 2.16. The second-order valence-electron chi connectivity index (χ2n) is 6.23. The molecule has 0 aliphatic rings. The van der Waals surface area contributed by atoms with Crippen molar-refractivity contribution in [1.82, 2.24) is 10.6 Å². The summed E-state index contributed by atoms with van der Waals surface area (Å²) in [5, 5.41) is 6.22. The van der Waals surface area contributed by atoms with Crippen molar-refractivity contribution >= 4 is 22.0 Å². The molecule has 5 heteroatoms. The minimum atomic E-state index is -0.470. The van der Waals surface area contributed by atoms with Crippen LogP contribution in [0.4, 0.5) is 4.79 Å². The number of alkyl carbamates (subject to hydrolysis) is 1. The van der Waals surface area contributed by atoms with E-state index in [-0.39, 0.29) is 18.2 Å². The Morgan fingerprint density at radius 1 is 1.24 bits per heavy atom. The summed E-state index contributed by atoms with van der Waals surface area (Å²) < 4.78 is 6.30. The molecule has 1 rings (SSSR count). The number of hydrogen-bond acceptors (Lipinski definition) is 3. The molecule has 4 nitrogen and oxygen atoms in total. The highest BCUT2D eigenvalue weighted by molar-refractivity contribution is 9.10. The molecule has 2 unspecified atom stereocenters. The molecular weight excluding hydrogens is 332 g/mol. The molecule has 118 valence electrons. The lowest BCUT2D eigenvalue weighted by Crippen LogP contribution is -2.43. The Balaban J connectivity index is 2.37. The van der Waals surface area contributed by atoms with Gasteiger partial charge >= 0.3 is 6.09 Å². The molecule has 0 radical (unpaired) electrons. The smallest absolute Gasteiger partial charge is 0.407 e. The molecule has 0 aromatic heterocycles. The lowest BCUT2D eigenvalue weighted by Gasteiger charge is -2.23. The molecule has 1 aromatic carbocycles. The molecule has 0 heterocycles. The standard InChI is InChI=1S/C16H25BrN2O2/c1-11(19-15(20)21-16(3,4)5)10-18-12(2)13-6-8-14(17)9-7-13/h6-9,11-12,18H,10H2,1-5H3,(H,19,20). The molecule has 21 heavy (non-hydrogen) atoms. The van der Waals surface area contributed by atoms with E-state index in [4.69, 9.17) is 4.74 Å². The second kappa shape index (κ2) is 7.80. The zero-order valence-electron chi connectivity index (χ0n) is 13.4. The first-order valence-corrected chi connectivity index (χ1v) is 7.95. The zero-order valence-corrected chi connectivity index (χ0v) is 15.0. The van der Waals surface area contributed by atoms with Crippen LogP contribution < -0.4 is 10.6 Å². The summed E-state index contributed by atoms with van der Waals surface area (Å²) in [5.41, 5.74) is 0.741. The third kappa shape index (κ3) is 7.48. The van der Waals surface area contributed by atoms with Gasteiger partial charge in [-0.1, -0.05) is 28.1 Å². The number of carbonyl (C=O) groups excluding carboxylic acids is 1. The van der Waals surface area contributed by atoms with Crippen LogP contribution in [0.2, 0.25) is 0 Å².